The standard InChI is InChI=1S/C20H17FN4/c1-13-6-9-16(10-7-13)23-18-5-3-4-17(24-18)20-14(2)22-19-11-8-15(21)12-25(19)20/h3-12H,1-2H3,(H,23,24). The third kappa shape index (κ3) is 2.96. The fraction of sp³-hybridized carbons (Fsp3) is 0.100. The molecule has 0 spiro atoms. The molecule has 0 aliphatic heterocycles. The number of fused-ring (bicyclic) bond motifs is 1. The van der Waals surface area contributed by atoms with Crippen LogP contribution in [0.2, 0.25) is 0 Å². The van der Waals surface area contributed by atoms with Crippen molar-refractivity contribution in [3.63, 3.8) is 0 Å². The van der Waals surface area contributed by atoms with E-state index in [1.54, 1.807) is 10.5 Å². The van der Waals surface area contributed by atoms with Crippen LogP contribution in [0.25, 0.3) is 17.0 Å². The minimum Gasteiger partial charge on any atom is -0.340 e. The highest BCUT2D eigenvalue weighted by Gasteiger charge is 2.13. The lowest BCUT2D eigenvalue weighted by Crippen LogP contribution is -1.97. The van der Waals surface area contributed by atoms with Crippen molar-refractivity contribution in [2.45, 2.75) is 13.8 Å². The number of aryl methyl sites for hydroxylation is 2. The van der Waals surface area contributed by atoms with Gasteiger partial charge in [0, 0.05) is 11.9 Å². The van der Waals surface area contributed by atoms with Crippen molar-refractivity contribution in [2.75, 3.05) is 5.32 Å². The first kappa shape index (κ1) is 15.3. The average molecular weight is 332 g/mol. The average Bonchev–Trinajstić information content (AvgIpc) is 2.92. The van der Waals surface area contributed by atoms with E-state index in [4.69, 9.17) is 0 Å². The van der Waals surface area contributed by atoms with Crippen LogP contribution in [0, 0.1) is 19.7 Å². The molecule has 1 N–H and O–H groups in total. The van der Waals surface area contributed by atoms with E-state index in [-0.39, 0.29) is 5.82 Å². The summed E-state index contributed by atoms with van der Waals surface area (Å²) in [7, 11) is 0. The van der Waals surface area contributed by atoms with Gasteiger partial charge >= 0.3 is 0 Å². The zero-order chi connectivity index (χ0) is 17.4. The van der Waals surface area contributed by atoms with Gasteiger partial charge in [-0.25, -0.2) is 14.4 Å². The van der Waals surface area contributed by atoms with Gasteiger partial charge in [-0.15, -0.1) is 0 Å². The summed E-state index contributed by atoms with van der Waals surface area (Å²) in [5.41, 5.74) is 5.22. The highest BCUT2D eigenvalue weighted by Crippen LogP contribution is 2.25. The minimum atomic E-state index is -0.305. The summed E-state index contributed by atoms with van der Waals surface area (Å²) >= 11 is 0. The summed E-state index contributed by atoms with van der Waals surface area (Å²) in [6, 6.07) is 16.9. The minimum absolute atomic E-state index is 0.305. The molecular weight excluding hydrogens is 315 g/mol. The summed E-state index contributed by atoms with van der Waals surface area (Å²) in [5, 5.41) is 3.30. The fourth-order valence-electron chi connectivity index (χ4n) is 2.87. The van der Waals surface area contributed by atoms with E-state index >= 15 is 0 Å². The van der Waals surface area contributed by atoms with Crippen LogP contribution in [0.1, 0.15) is 11.3 Å². The summed E-state index contributed by atoms with van der Waals surface area (Å²) in [5.74, 6) is 0.423. The predicted octanol–water partition coefficient (Wildman–Crippen LogP) is 4.90. The maximum absolute atomic E-state index is 13.7. The molecule has 0 aliphatic rings. The van der Waals surface area contributed by atoms with E-state index in [1.165, 1.54) is 17.8 Å². The Morgan fingerprint density at radius 2 is 1.72 bits per heavy atom. The molecule has 0 amide bonds. The highest BCUT2D eigenvalue weighted by molar-refractivity contribution is 5.67. The number of hydrogen-bond donors (Lipinski definition) is 1. The van der Waals surface area contributed by atoms with Crippen LogP contribution in [0.15, 0.2) is 60.8 Å². The molecule has 4 aromatic rings. The Hall–Kier alpha value is -3.21. The Labute approximate surface area is 145 Å². The van der Waals surface area contributed by atoms with Crippen molar-refractivity contribution in [1.29, 1.82) is 0 Å². The third-order valence-corrected chi connectivity index (χ3v) is 4.07. The number of aromatic nitrogens is 3. The molecule has 0 saturated carbocycles. The number of nitrogens with one attached hydrogen (secondary N) is 1. The molecule has 25 heavy (non-hydrogen) atoms. The van der Waals surface area contributed by atoms with Crippen LogP contribution in [0.5, 0.6) is 0 Å². The topological polar surface area (TPSA) is 42.2 Å². The first-order valence-electron chi connectivity index (χ1n) is 8.05. The maximum Gasteiger partial charge on any atom is 0.139 e. The molecule has 0 aliphatic carbocycles. The van der Waals surface area contributed by atoms with E-state index in [1.807, 2.05) is 49.4 Å². The molecule has 0 unspecified atom stereocenters. The van der Waals surface area contributed by atoms with Crippen molar-refractivity contribution in [3.8, 4) is 11.4 Å². The van der Waals surface area contributed by atoms with Crippen LogP contribution >= 0.6 is 0 Å². The van der Waals surface area contributed by atoms with Gasteiger partial charge in [-0.3, -0.25) is 4.40 Å². The lowest BCUT2D eigenvalue weighted by Gasteiger charge is -2.08. The summed E-state index contributed by atoms with van der Waals surface area (Å²) in [4.78, 5) is 9.17. The zero-order valence-electron chi connectivity index (χ0n) is 14.0. The molecule has 4 nitrogen and oxygen atoms in total. The van der Waals surface area contributed by atoms with Crippen molar-refractivity contribution in [1.82, 2.24) is 14.4 Å². The van der Waals surface area contributed by atoms with Crippen LogP contribution < -0.4 is 5.32 Å². The van der Waals surface area contributed by atoms with Crippen LogP contribution in [-0.4, -0.2) is 14.4 Å². The van der Waals surface area contributed by atoms with Crippen molar-refractivity contribution >= 4 is 17.2 Å². The molecule has 124 valence electrons. The molecule has 1 aromatic carbocycles. The summed E-state index contributed by atoms with van der Waals surface area (Å²) in [6.45, 7) is 3.96. The number of benzene rings is 1. The number of pyridine rings is 2. The van der Waals surface area contributed by atoms with Gasteiger partial charge in [0.25, 0.3) is 0 Å². The molecular formula is C20H17FN4. The Bertz CT molecular complexity index is 1050. The highest BCUT2D eigenvalue weighted by atomic mass is 19.1. The van der Waals surface area contributed by atoms with E-state index in [0.717, 1.165) is 28.6 Å². The van der Waals surface area contributed by atoms with Gasteiger partial charge in [0.15, 0.2) is 0 Å². The Morgan fingerprint density at radius 3 is 2.52 bits per heavy atom. The van der Waals surface area contributed by atoms with Crippen molar-refractivity contribution < 1.29 is 4.39 Å². The summed E-state index contributed by atoms with van der Waals surface area (Å²) < 4.78 is 15.4. The Morgan fingerprint density at radius 1 is 0.920 bits per heavy atom. The van der Waals surface area contributed by atoms with Crippen LogP contribution in [-0.2, 0) is 0 Å². The molecule has 0 fully saturated rings. The Balaban J connectivity index is 1.76. The number of halogens is 1. The van der Waals surface area contributed by atoms with Gasteiger partial charge in [-0.05, 0) is 50.2 Å². The maximum atomic E-state index is 13.7. The number of nitrogens with zero attached hydrogens (tertiary/aromatic N) is 3. The second kappa shape index (κ2) is 6.02. The zero-order valence-corrected chi connectivity index (χ0v) is 14.0. The fourth-order valence-corrected chi connectivity index (χ4v) is 2.87. The van der Waals surface area contributed by atoms with E-state index < -0.39 is 0 Å². The first-order valence-corrected chi connectivity index (χ1v) is 8.05. The number of rotatable bonds is 3. The van der Waals surface area contributed by atoms with Crippen LogP contribution in [0.3, 0.4) is 0 Å². The van der Waals surface area contributed by atoms with Gasteiger partial charge in [0.2, 0.25) is 0 Å². The monoisotopic (exact) mass is 332 g/mol. The predicted molar refractivity (Wildman–Crippen MR) is 97.6 cm³/mol. The largest absolute Gasteiger partial charge is 0.340 e. The smallest absolute Gasteiger partial charge is 0.139 e. The van der Waals surface area contributed by atoms with Crippen molar-refractivity contribution in [3.05, 3.63) is 77.9 Å². The van der Waals surface area contributed by atoms with Gasteiger partial charge in [0.1, 0.15) is 17.3 Å². The quantitative estimate of drug-likeness (QED) is 0.580. The second-order valence-electron chi connectivity index (χ2n) is 6.02. The van der Waals surface area contributed by atoms with E-state index in [0.29, 0.717) is 5.65 Å². The van der Waals surface area contributed by atoms with Gasteiger partial charge in [-0.1, -0.05) is 23.8 Å². The normalized spacial score (nSPS) is 11.0. The Kier molecular flexibility index (Phi) is 3.69. The first-order chi connectivity index (χ1) is 12.1. The van der Waals surface area contributed by atoms with Crippen molar-refractivity contribution in [2.24, 2.45) is 0 Å². The SMILES string of the molecule is Cc1ccc(Nc2cccc(-c3c(C)nc4ccc(F)cn34)n2)cc1. The van der Waals surface area contributed by atoms with Crippen LogP contribution in [0.4, 0.5) is 15.9 Å². The van der Waals surface area contributed by atoms with Gasteiger partial charge in [0.05, 0.1) is 17.1 Å². The molecule has 4 rings (SSSR count). The molecule has 5 heteroatoms. The molecule has 0 atom stereocenters. The lowest BCUT2D eigenvalue weighted by atomic mass is 10.2. The van der Waals surface area contributed by atoms with Gasteiger partial charge < -0.3 is 5.32 Å². The third-order valence-electron chi connectivity index (χ3n) is 4.07. The molecule has 3 heterocycles. The van der Waals surface area contributed by atoms with Gasteiger partial charge in [-0.2, -0.15) is 0 Å². The second-order valence-corrected chi connectivity index (χ2v) is 6.02. The molecule has 3 aromatic heterocycles. The molecule has 0 radical (unpaired) electrons. The lowest BCUT2D eigenvalue weighted by molar-refractivity contribution is 0.619. The molecule has 0 saturated heterocycles. The number of imidazole rings is 1. The molecule has 0 bridgehead atoms. The number of hydrogen-bond acceptors (Lipinski definition) is 3. The van der Waals surface area contributed by atoms with E-state index in [2.05, 4.69) is 22.2 Å². The van der Waals surface area contributed by atoms with E-state index in [9.17, 15) is 4.39 Å². The summed E-state index contributed by atoms with van der Waals surface area (Å²) in [6.07, 6.45) is 1.44. The number of anilines is 2.